The number of rotatable bonds is 7. The van der Waals surface area contributed by atoms with E-state index in [9.17, 15) is 13.2 Å². The van der Waals surface area contributed by atoms with Gasteiger partial charge >= 0.3 is 0 Å². The standard InChI is InChI=1S/C22H30N2O3S/c1-7-21(19-12-11-16(3)17(4)14-19)23-22(25)18(5)24(28(6,26)27)20-10-8-9-15(2)13-20/h8-14,18,21H,7H2,1-6H3,(H,23,25). The molecule has 0 saturated heterocycles. The van der Waals surface area contributed by atoms with Gasteiger partial charge in [0.1, 0.15) is 6.04 Å². The molecule has 0 aliphatic heterocycles. The SMILES string of the molecule is CCC(NC(=O)C(C)N(c1cccc(C)c1)S(C)(=O)=O)c1ccc(C)c(C)c1. The van der Waals surface area contributed by atoms with Crippen molar-refractivity contribution in [3.8, 4) is 0 Å². The first-order chi connectivity index (χ1) is 13.0. The van der Waals surface area contributed by atoms with E-state index in [1.165, 1.54) is 9.87 Å². The normalized spacial score (nSPS) is 13.6. The van der Waals surface area contributed by atoms with E-state index in [1.807, 2.05) is 45.9 Å². The fourth-order valence-corrected chi connectivity index (χ4v) is 4.44. The number of hydrogen-bond donors (Lipinski definition) is 1. The van der Waals surface area contributed by atoms with E-state index in [0.29, 0.717) is 12.1 Å². The lowest BCUT2D eigenvalue weighted by Crippen LogP contribution is -2.48. The number of nitrogens with zero attached hydrogens (tertiary/aromatic N) is 1. The number of benzene rings is 2. The van der Waals surface area contributed by atoms with Crippen LogP contribution in [0, 0.1) is 20.8 Å². The predicted octanol–water partition coefficient (Wildman–Crippen LogP) is 4.03. The molecule has 0 aromatic heterocycles. The van der Waals surface area contributed by atoms with Gasteiger partial charge in [0.05, 0.1) is 18.0 Å². The van der Waals surface area contributed by atoms with Crippen molar-refractivity contribution in [1.82, 2.24) is 5.32 Å². The average molecular weight is 403 g/mol. The molecule has 2 atom stereocenters. The van der Waals surface area contributed by atoms with Gasteiger partial charge in [0, 0.05) is 0 Å². The molecule has 0 fully saturated rings. The minimum Gasteiger partial charge on any atom is -0.347 e. The van der Waals surface area contributed by atoms with Crippen molar-refractivity contribution in [2.24, 2.45) is 0 Å². The smallest absolute Gasteiger partial charge is 0.244 e. The molecule has 0 bridgehead atoms. The first-order valence-corrected chi connectivity index (χ1v) is 11.3. The average Bonchev–Trinajstić information content (AvgIpc) is 2.60. The molecule has 1 amide bonds. The molecular formula is C22H30N2O3S. The zero-order valence-electron chi connectivity index (χ0n) is 17.5. The Hall–Kier alpha value is -2.34. The number of anilines is 1. The minimum atomic E-state index is -3.63. The van der Waals surface area contributed by atoms with Crippen LogP contribution < -0.4 is 9.62 Å². The maximum atomic E-state index is 13.0. The molecule has 2 aromatic carbocycles. The van der Waals surface area contributed by atoms with Crippen LogP contribution in [-0.2, 0) is 14.8 Å². The zero-order valence-corrected chi connectivity index (χ0v) is 18.3. The molecule has 2 aromatic rings. The summed E-state index contributed by atoms with van der Waals surface area (Å²) < 4.78 is 26.1. The molecule has 2 rings (SSSR count). The van der Waals surface area contributed by atoms with Crippen molar-refractivity contribution in [2.75, 3.05) is 10.6 Å². The largest absolute Gasteiger partial charge is 0.347 e. The topological polar surface area (TPSA) is 66.5 Å². The summed E-state index contributed by atoms with van der Waals surface area (Å²) in [5, 5.41) is 3.02. The molecule has 0 aliphatic rings. The summed E-state index contributed by atoms with van der Waals surface area (Å²) in [5.74, 6) is -0.322. The Morgan fingerprint density at radius 2 is 1.75 bits per heavy atom. The van der Waals surface area contributed by atoms with Crippen molar-refractivity contribution in [2.45, 2.75) is 53.1 Å². The van der Waals surface area contributed by atoms with Gasteiger partial charge in [0.25, 0.3) is 0 Å². The van der Waals surface area contributed by atoms with Gasteiger partial charge in [-0.25, -0.2) is 8.42 Å². The monoisotopic (exact) mass is 402 g/mol. The third kappa shape index (κ3) is 5.13. The van der Waals surface area contributed by atoms with E-state index in [1.54, 1.807) is 25.1 Å². The highest BCUT2D eigenvalue weighted by molar-refractivity contribution is 7.92. The van der Waals surface area contributed by atoms with Crippen LogP contribution in [0.3, 0.4) is 0 Å². The molecule has 5 nitrogen and oxygen atoms in total. The van der Waals surface area contributed by atoms with Crippen molar-refractivity contribution >= 4 is 21.6 Å². The Bertz CT molecular complexity index is 954. The van der Waals surface area contributed by atoms with Gasteiger partial charge in [0.2, 0.25) is 15.9 Å². The fraction of sp³-hybridized carbons (Fsp3) is 0.409. The molecule has 0 saturated carbocycles. The van der Waals surface area contributed by atoms with Crippen LogP contribution in [0.15, 0.2) is 42.5 Å². The minimum absolute atomic E-state index is 0.173. The lowest BCUT2D eigenvalue weighted by atomic mass is 9.99. The summed E-state index contributed by atoms with van der Waals surface area (Å²) in [7, 11) is -3.63. The quantitative estimate of drug-likeness (QED) is 0.760. The first-order valence-electron chi connectivity index (χ1n) is 9.48. The van der Waals surface area contributed by atoms with Crippen LogP contribution in [0.4, 0.5) is 5.69 Å². The molecule has 6 heteroatoms. The molecule has 1 N–H and O–H groups in total. The van der Waals surface area contributed by atoms with E-state index in [2.05, 4.69) is 11.4 Å². The molecule has 0 radical (unpaired) electrons. The number of amides is 1. The highest BCUT2D eigenvalue weighted by Gasteiger charge is 2.30. The van der Waals surface area contributed by atoms with E-state index < -0.39 is 16.1 Å². The van der Waals surface area contributed by atoms with Crippen LogP contribution in [0.1, 0.15) is 48.6 Å². The van der Waals surface area contributed by atoms with Crippen molar-refractivity contribution in [1.29, 1.82) is 0 Å². The number of aryl methyl sites for hydroxylation is 3. The van der Waals surface area contributed by atoms with Crippen LogP contribution >= 0.6 is 0 Å². The third-order valence-corrected chi connectivity index (χ3v) is 6.24. The maximum absolute atomic E-state index is 13.0. The number of hydrogen-bond acceptors (Lipinski definition) is 3. The van der Waals surface area contributed by atoms with Gasteiger partial charge < -0.3 is 5.32 Å². The highest BCUT2D eigenvalue weighted by atomic mass is 32.2. The second kappa shape index (κ2) is 8.78. The Morgan fingerprint density at radius 1 is 1.07 bits per heavy atom. The Balaban J connectivity index is 2.30. The van der Waals surface area contributed by atoms with Crippen molar-refractivity contribution in [3.63, 3.8) is 0 Å². The zero-order chi connectivity index (χ0) is 21.1. The van der Waals surface area contributed by atoms with E-state index in [0.717, 1.165) is 22.9 Å². The Labute approximate surface area is 168 Å². The Morgan fingerprint density at radius 3 is 2.29 bits per heavy atom. The van der Waals surface area contributed by atoms with Gasteiger partial charge in [-0.1, -0.05) is 37.3 Å². The highest BCUT2D eigenvalue weighted by Crippen LogP contribution is 2.24. The molecule has 0 aliphatic carbocycles. The van der Waals surface area contributed by atoms with Crippen LogP contribution in [0.2, 0.25) is 0 Å². The lowest BCUT2D eigenvalue weighted by molar-refractivity contribution is -0.122. The number of carbonyl (C=O) groups is 1. The second-order valence-corrected chi connectivity index (χ2v) is 9.25. The molecular weight excluding hydrogens is 372 g/mol. The maximum Gasteiger partial charge on any atom is 0.244 e. The second-order valence-electron chi connectivity index (χ2n) is 7.39. The molecule has 0 spiro atoms. The van der Waals surface area contributed by atoms with Gasteiger partial charge in [-0.2, -0.15) is 0 Å². The van der Waals surface area contributed by atoms with Crippen LogP contribution in [0.5, 0.6) is 0 Å². The van der Waals surface area contributed by atoms with Crippen molar-refractivity contribution in [3.05, 3.63) is 64.7 Å². The van der Waals surface area contributed by atoms with Crippen molar-refractivity contribution < 1.29 is 13.2 Å². The predicted molar refractivity (Wildman–Crippen MR) is 115 cm³/mol. The summed E-state index contributed by atoms with van der Waals surface area (Å²) in [4.78, 5) is 13.0. The molecule has 152 valence electrons. The van der Waals surface area contributed by atoms with E-state index >= 15 is 0 Å². The Kier molecular flexibility index (Phi) is 6.88. The summed E-state index contributed by atoms with van der Waals surface area (Å²) in [6, 6.07) is 12.2. The number of carbonyl (C=O) groups excluding carboxylic acids is 1. The van der Waals surface area contributed by atoms with Gasteiger partial charge in [0.15, 0.2) is 0 Å². The van der Waals surface area contributed by atoms with Gasteiger partial charge in [-0.05, 0) is 68.5 Å². The third-order valence-electron chi connectivity index (χ3n) is 5.00. The summed E-state index contributed by atoms with van der Waals surface area (Å²) in [6.45, 7) is 9.60. The van der Waals surface area contributed by atoms with Crippen LogP contribution in [-0.4, -0.2) is 26.6 Å². The summed E-state index contributed by atoms with van der Waals surface area (Å²) in [6.07, 6.45) is 1.84. The molecule has 2 unspecified atom stereocenters. The fourth-order valence-electron chi connectivity index (χ4n) is 3.27. The summed E-state index contributed by atoms with van der Waals surface area (Å²) >= 11 is 0. The first kappa shape index (κ1) is 22.0. The summed E-state index contributed by atoms with van der Waals surface area (Å²) in [5.41, 5.74) is 4.80. The van der Waals surface area contributed by atoms with Gasteiger partial charge in [-0.3, -0.25) is 9.10 Å². The molecule has 28 heavy (non-hydrogen) atoms. The lowest BCUT2D eigenvalue weighted by Gasteiger charge is -2.30. The number of nitrogens with one attached hydrogen (secondary N) is 1. The van der Waals surface area contributed by atoms with Gasteiger partial charge in [-0.15, -0.1) is 0 Å². The van der Waals surface area contributed by atoms with Crippen LogP contribution in [0.25, 0.3) is 0 Å². The number of sulfonamides is 1. The van der Waals surface area contributed by atoms with E-state index in [4.69, 9.17) is 0 Å². The molecule has 0 heterocycles. The van der Waals surface area contributed by atoms with E-state index in [-0.39, 0.29) is 11.9 Å².